The Morgan fingerprint density at radius 3 is 1.96 bits per heavy atom. The first-order valence-corrected chi connectivity index (χ1v) is 8.53. The molecule has 0 spiro atoms. The molecule has 134 valence electrons. The molecular formula is C18H23BrF3NO. The van der Waals surface area contributed by atoms with Gasteiger partial charge < -0.3 is 4.90 Å². The van der Waals surface area contributed by atoms with Crippen molar-refractivity contribution in [3.8, 4) is 0 Å². The van der Waals surface area contributed by atoms with E-state index in [4.69, 9.17) is 0 Å². The van der Waals surface area contributed by atoms with Crippen molar-refractivity contribution >= 4 is 27.4 Å². The summed E-state index contributed by atoms with van der Waals surface area (Å²) in [5.41, 5.74) is 0.632. The van der Waals surface area contributed by atoms with E-state index in [2.05, 4.69) is 15.9 Å². The maximum atomic E-state index is 13.0. The van der Waals surface area contributed by atoms with Gasteiger partial charge in [-0.1, -0.05) is 15.9 Å². The summed E-state index contributed by atoms with van der Waals surface area (Å²) < 4.78 is 39.3. The number of allylic oxidation sites excluding steroid dienone is 1. The van der Waals surface area contributed by atoms with Gasteiger partial charge in [-0.2, -0.15) is 13.2 Å². The highest BCUT2D eigenvalue weighted by atomic mass is 79.9. The molecule has 0 aromatic heterocycles. The van der Waals surface area contributed by atoms with Crippen LogP contribution in [0.1, 0.15) is 52.7 Å². The molecule has 0 aliphatic rings. The standard InChI is InChI=1S/C18H23BrF3NO/c1-10(2)23(11(3)4)17(24)13(6)12(5)14-7-15(18(20,21)22)9-16(19)8-14/h7-11H,1-6H3/b13-12-. The lowest BCUT2D eigenvalue weighted by Gasteiger charge is -2.31. The number of halogens is 4. The summed E-state index contributed by atoms with van der Waals surface area (Å²) in [5, 5.41) is 0. The van der Waals surface area contributed by atoms with Gasteiger partial charge in [0.15, 0.2) is 0 Å². The largest absolute Gasteiger partial charge is 0.416 e. The molecule has 0 fully saturated rings. The predicted molar refractivity (Wildman–Crippen MR) is 94.5 cm³/mol. The molecule has 0 radical (unpaired) electrons. The number of hydrogen-bond donors (Lipinski definition) is 0. The van der Waals surface area contributed by atoms with Gasteiger partial charge in [-0.15, -0.1) is 0 Å². The maximum Gasteiger partial charge on any atom is 0.416 e. The molecule has 0 N–H and O–H groups in total. The molecule has 0 aliphatic heterocycles. The molecule has 1 aromatic rings. The minimum atomic E-state index is -4.43. The van der Waals surface area contributed by atoms with E-state index >= 15 is 0 Å². The maximum absolute atomic E-state index is 13.0. The first kappa shape index (κ1) is 20.7. The van der Waals surface area contributed by atoms with Crippen LogP contribution in [0.4, 0.5) is 13.2 Å². The van der Waals surface area contributed by atoms with E-state index < -0.39 is 11.7 Å². The number of carbonyl (C=O) groups is 1. The van der Waals surface area contributed by atoms with Gasteiger partial charge in [0.25, 0.3) is 0 Å². The van der Waals surface area contributed by atoms with Gasteiger partial charge in [0, 0.05) is 22.1 Å². The lowest BCUT2D eigenvalue weighted by Crippen LogP contribution is -2.42. The molecule has 0 bridgehead atoms. The van der Waals surface area contributed by atoms with E-state index in [1.807, 2.05) is 27.7 Å². The number of nitrogens with zero attached hydrogens (tertiary/aromatic N) is 1. The van der Waals surface area contributed by atoms with Crippen LogP contribution in [0.15, 0.2) is 28.2 Å². The van der Waals surface area contributed by atoms with Gasteiger partial charge in [0.05, 0.1) is 5.56 Å². The van der Waals surface area contributed by atoms with Gasteiger partial charge >= 0.3 is 6.18 Å². The van der Waals surface area contributed by atoms with Crippen LogP contribution in [0.2, 0.25) is 0 Å². The first-order valence-electron chi connectivity index (χ1n) is 7.74. The zero-order valence-corrected chi connectivity index (χ0v) is 16.3. The Morgan fingerprint density at radius 1 is 1.04 bits per heavy atom. The average molecular weight is 406 g/mol. The lowest BCUT2D eigenvalue weighted by molar-refractivity contribution is -0.137. The summed E-state index contributed by atoms with van der Waals surface area (Å²) in [7, 11) is 0. The molecule has 0 unspecified atom stereocenters. The summed E-state index contributed by atoms with van der Waals surface area (Å²) in [6.45, 7) is 11.0. The third-order valence-electron chi connectivity index (χ3n) is 3.89. The Balaban J connectivity index is 3.37. The molecule has 1 amide bonds. The highest BCUT2D eigenvalue weighted by Gasteiger charge is 2.31. The molecule has 6 heteroatoms. The van der Waals surface area contributed by atoms with Crippen molar-refractivity contribution in [2.75, 3.05) is 0 Å². The third-order valence-corrected chi connectivity index (χ3v) is 4.35. The summed E-state index contributed by atoms with van der Waals surface area (Å²) in [5.74, 6) is -0.161. The van der Waals surface area contributed by atoms with Crippen molar-refractivity contribution < 1.29 is 18.0 Å². The van der Waals surface area contributed by atoms with Crippen molar-refractivity contribution in [3.63, 3.8) is 0 Å². The number of alkyl halides is 3. The Morgan fingerprint density at radius 2 is 1.54 bits per heavy atom. The molecule has 1 rings (SSSR count). The fourth-order valence-corrected chi connectivity index (χ4v) is 3.10. The van der Waals surface area contributed by atoms with Crippen molar-refractivity contribution in [2.45, 2.75) is 59.8 Å². The molecule has 24 heavy (non-hydrogen) atoms. The van der Waals surface area contributed by atoms with E-state index in [9.17, 15) is 18.0 Å². The van der Waals surface area contributed by atoms with Crippen LogP contribution in [0.25, 0.3) is 5.57 Å². The van der Waals surface area contributed by atoms with Gasteiger partial charge in [-0.3, -0.25) is 4.79 Å². The summed E-state index contributed by atoms with van der Waals surface area (Å²) >= 11 is 3.12. The second kappa shape index (κ2) is 7.72. The highest BCUT2D eigenvalue weighted by molar-refractivity contribution is 9.10. The minimum absolute atomic E-state index is 0.00787. The Kier molecular flexibility index (Phi) is 6.67. The Hall–Kier alpha value is -1.30. The SMILES string of the molecule is C/C(C(=O)N(C(C)C)C(C)C)=C(\C)c1cc(Br)cc(C(F)(F)F)c1. The smallest absolute Gasteiger partial charge is 0.334 e. The van der Waals surface area contributed by atoms with Crippen molar-refractivity contribution in [3.05, 3.63) is 39.4 Å². The normalized spacial score (nSPS) is 13.3. The van der Waals surface area contributed by atoms with Crippen LogP contribution < -0.4 is 0 Å². The zero-order chi connectivity index (χ0) is 18.8. The van der Waals surface area contributed by atoms with Crippen molar-refractivity contribution in [2.24, 2.45) is 0 Å². The molecule has 2 nitrogen and oxygen atoms in total. The van der Waals surface area contributed by atoms with Crippen LogP contribution >= 0.6 is 15.9 Å². The molecule has 0 saturated heterocycles. The zero-order valence-electron chi connectivity index (χ0n) is 14.8. The number of amides is 1. The first-order chi connectivity index (χ1) is 10.9. The van der Waals surface area contributed by atoms with Crippen molar-refractivity contribution in [1.82, 2.24) is 4.90 Å². The third kappa shape index (κ3) is 4.85. The van der Waals surface area contributed by atoms with Gasteiger partial charge in [0.2, 0.25) is 5.91 Å². The number of hydrogen-bond acceptors (Lipinski definition) is 1. The topological polar surface area (TPSA) is 20.3 Å². The van der Waals surface area contributed by atoms with E-state index in [1.165, 1.54) is 0 Å². The molecule has 1 aromatic carbocycles. The van der Waals surface area contributed by atoms with Crippen LogP contribution in [0.5, 0.6) is 0 Å². The fraction of sp³-hybridized carbons (Fsp3) is 0.500. The average Bonchev–Trinajstić information content (AvgIpc) is 2.43. The fourth-order valence-electron chi connectivity index (χ4n) is 2.61. The van der Waals surface area contributed by atoms with Crippen LogP contribution in [-0.4, -0.2) is 22.9 Å². The van der Waals surface area contributed by atoms with Crippen LogP contribution in [0.3, 0.4) is 0 Å². The number of carbonyl (C=O) groups excluding carboxylic acids is 1. The Bertz CT molecular complexity index is 640. The molecule has 0 heterocycles. The molecular weight excluding hydrogens is 383 g/mol. The lowest BCUT2D eigenvalue weighted by atomic mass is 9.98. The number of rotatable bonds is 4. The summed E-state index contributed by atoms with van der Waals surface area (Å²) in [4.78, 5) is 14.5. The second-order valence-corrected chi connectivity index (χ2v) is 7.29. The van der Waals surface area contributed by atoms with Gasteiger partial charge in [-0.05, 0) is 70.9 Å². The summed E-state index contributed by atoms with van der Waals surface area (Å²) in [6, 6.07) is 3.72. The predicted octanol–water partition coefficient (Wildman–Crippen LogP) is 5.91. The van der Waals surface area contributed by atoms with Gasteiger partial charge in [0.1, 0.15) is 0 Å². The number of benzene rings is 1. The summed E-state index contributed by atoms with van der Waals surface area (Å²) in [6.07, 6.45) is -4.43. The Labute approximate surface area is 149 Å². The molecule has 0 aliphatic carbocycles. The van der Waals surface area contributed by atoms with Crippen molar-refractivity contribution in [1.29, 1.82) is 0 Å². The highest BCUT2D eigenvalue weighted by Crippen LogP contribution is 2.34. The van der Waals surface area contributed by atoms with E-state index in [1.54, 1.807) is 24.8 Å². The van der Waals surface area contributed by atoms with E-state index in [0.717, 1.165) is 12.1 Å². The van der Waals surface area contributed by atoms with E-state index in [-0.39, 0.29) is 18.0 Å². The minimum Gasteiger partial charge on any atom is -0.334 e. The molecule has 0 atom stereocenters. The quantitative estimate of drug-likeness (QED) is 0.570. The van der Waals surface area contributed by atoms with E-state index in [0.29, 0.717) is 21.2 Å². The van der Waals surface area contributed by atoms with Crippen LogP contribution in [0, 0.1) is 0 Å². The monoisotopic (exact) mass is 405 g/mol. The molecule has 0 saturated carbocycles. The van der Waals surface area contributed by atoms with Gasteiger partial charge in [-0.25, -0.2) is 0 Å². The van der Waals surface area contributed by atoms with Crippen LogP contribution in [-0.2, 0) is 11.0 Å². The second-order valence-electron chi connectivity index (χ2n) is 6.38.